The highest BCUT2D eigenvalue weighted by molar-refractivity contribution is 9.10. The second-order valence-corrected chi connectivity index (χ2v) is 5.46. The Bertz CT molecular complexity index is 346. The number of alkyl halides is 1. The molecule has 0 amide bonds. The average Bonchev–Trinajstić information content (AvgIpc) is 2.30. The normalized spacial score (nSPS) is 12.5. The van der Waals surface area contributed by atoms with Gasteiger partial charge in [0, 0.05) is 22.5 Å². The Labute approximate surface area is 117 Å². The van der Waals surface area contributed by atoms with Crippen LogP contribution in [0.5, 0.6) is 5.75 Å². The first-order chi connectivity index (χ1) is 8.17. The summed E-state index contributed by atoms with van der Waals surface area (Å²) in [6.07, 6.45) is 1.05. The number of halogens is 2. The lowest BCUT2D eigenvalue weighted by Crippen LogP contribution is -2.21. The van der Waals surface area contributed by atoms with Gasteiger partial charge in [0.05, 0.1) is 7.11 Å². The minimum Gasteiger partial charge on any atom is -0.496 e. The number of nitrogens with one attached hydrogen (secondary N) is 1. The Balaban J connectivity index is 2.48. The largest absolute Gasteiger partial charge is 0.496 e. The van der Waals surface area contributed by atoms with Crippen molar-refractivity contribution in [3.05, 3.63) is 28.2 Å². The van der Waals surface area contributed by atoms with E-state index in [1.165, 1.54) is 5.56 Å². The predicted molar refractivity (Wildman–Crippen MR) is 76.9 cm³/mol. The molecule has 0 spiro atoms. The van der Waals surface area contributed by atoms with E-state index in [-0.39, 0.29) is 0 Å². The molecule has 96 valence electrons. The van der Waals surface area contributed by atoms with Crippen molar-refractivity contribution in [1.82, 2.24) is 5.32 Å². The summed E-state index contributed by atoms with van der Waals surface area (Å²) in [5.74, 6) is 2.25. The van der Waals surface area contributed by atoms with Crippen LogP contribution in [0, 0.1) is 5.92 Å². The van der Waals surface area contributed by atoms with Crippen molar-refractivity contribution in [3.8, 4) is 5.75 Å². The van der Waals surface area contributed by atoms with Gasteiger partial charge in [0.25, 0.3) is 0 Å². The predicted octanol–water partition coefficient (Wildman–Crippen LogP) is 3.81. The van der Waals surface area contributed by atoms with Gasteiger partial charge in [-0.15, -0.1) is 11.6 Å². The summed E-state index contributed by atoms with van der Waals surface area (Å²) in [6.45, 7) is 3.99. The third-order valence-electron chi connectivity index (χ3n) is 2.65. The SMILES string of the molecule is COc1ccc(Br)cc1CNCC(C)CCCl. The standard InChI is InChI=1S/C13H19BrClNO/c1-10(5-6-15)8-16-9-11-7-12(14)3-4-13(11)17-2/h3-4,7,10,16H,5-6,8-9H2,1-2H3. The fourth-order valence-electron chi connectivity index (χ4n) is 1.63. The van der Waals surface area contributed by atoms with Crippen molar-refractivity contribution in [2.24, 2.45) is 5.92 Å². The molecule has 1 aromatic rings. The number of hydrogen-bond acceptors (Lipinski definition) is 2. The van der Waals surface area contributed by atoms with Crippen LogP contribution in [0.15, 0.2) is 22.7 Å². The summed E-state index contributed by atoms with van der Waals surface area (Å²) >= 11 is 9.18. The van der Waals surface area contributed by atoms with Crippen LogP contribution in [-0.2, 0) is 6.54 Å². The van der Waals surface area contributed by atoms with Gasteiger partial charge in [-0.25, -0.2) is 0 Å². The molecule has 0 aliphatic carbocycles. The number of methoxy groups -OCH3 is 1. The van der Waals surface area contributed by atoms with Crippen LogP contribution in [0.4, 0.5) is 0 Å². The summed E-state index contributed by atoms with van der Waals surface area (Å²) in [6, 6.07) is 6.04. The van der Waals surface area contributed by atoms with Crippen LogP contribution in [0.1, 0.15) is 18.9 Å². The zero-order valence-electron chi connectivity index (χ0n) is 10.3. The molecular weight excluding hydrogens is 302 g/mol. The zero-order chi connectivity index (χ0) is 12.7. The zero-order valence-corrected chi connectivity index (χ0v) is 12.6. The van der Waals surface area contributed by atoms with Crippen molar-refractivity contribution in [1.29, 1.82) is 0 Å². The Hall–Kier alpha value is -0.250. The van der Waals surface area contributed by atoms with E-state index in [2.05, 4.69) is 34.2 Å². The summed E-state index contributed by atoms with van der Waals surface area (Å²) in [5, 5.41) is 3.43. The molecule has 17 heavy (non-hydrogen) atoms. The Morgan fingerprint density at radius 3 is 2.88 bits per heavy atom. The molecule has 0 aromatic heterocycles. The number of rotatable bonds is 7. The van der Waals surface area contributed by atoms with Gasteiger partial charge in [0.1, 0.15) is 5.75 Å². The number of ether oxygens (including phenoxy) is 1. The van der Waals surface area contributed by atoms with Crippen molar-refractivity contribution in [2.75, 3.05) is 19.5 Å². The summed E-state index contributed by atoms with van der Waals surface area (Å²) in [4.78, 5) is 0. The van der Waals surface area contributed by atoms with Gasteiger partial charge in [-0.3, -0.25) is 0 Å². The highest BCUT2D eigenvalue weighted by Crippen LogP contribution is 2.22. The molecular formula is C13H19BrClNO. The molecule has 4 heteroatoms. The summed E-state index contributed by atoms with van der Waals surface area (Å²) in [7, 11) is 1.70. The van der Waals surface area contributed by atoms with E-state index in [1.807, 2.05) is 12.1 Å². The third-order valence-corrected chi connectivity index (χ3v) is 3.36. The van der Waals surface area contributed by atoms with Gasteiger partial charge in [-0.1, -0.05) is 22.9 Å². The van der Waals surface area contributed by atoms with E-state index in [9.17, 15) is 0 Å². The van der Waals surface area contributed by atoms with E-state index in [0.29, 0.717) is 5.92 Å². The van der Waals surface area contributed by atoms with Crippen LogP contribution >= 0.6 is 27.5 Å². The first-order valence-corrected chi connectivity index (χ1v) is 7.09. The van der Waals surface area contributed by atoms with Crippen LogP contribution in [0.25, 0.3) is 0 Å². The van der Waals surface area contributed by atoms with Crippen LogP contribution < -0.4 is 10.1 Å². The quantitative estimate of drug-likeness (QED) is 0.771. The van der Waals surface area contributed by atoms with E-state index >= 15 is 0 Å². The van der Waals surface area contributed by atoms with E-state index in [0.717, 1.165) is 35.6 Å². The van der Waals surface area contributed by atoms with Crippen LogP contribution in [0.2, 0.25) is 0 Å². The van der Waals surface area contributed by atoms with Crippen LogP contribution in [-0.4, -0.2) is 19.5 Å². The molecule has 0 aliphatic rings. The van der Waals surface area contributed by atoms with Crippen molar-refractivity contribution in [3.63, 3.8) is 0 Å². The lowest BCUT2D eigenvalue weighted by Gasteiger charge is -2.13. The molecule has 1 atom stereocenters. The van der Waals surface area contributed by atoms with E-state index in [4.69, 9.17) is 16.3 Å². The minimum absolute atomic E-state index is 0.602. The maximum atomic E-state index is 5.71. The first kappa shape index (κ1) is 14.8. The molecule has 0 saturated carbocycles. The Morgan fingerprint density at radius 1 is 1.47 bits per heavy atom. The molecule has 0 fully saturated rings. The second kappa shape index (κ2) is 7.96. The third kappa shape index (κ3) is 5.28. The molecule has 0 radical (unpaired) electrons. The molecule has 1 rings (SSSR count). The lowest BCUT2D eigenvalue weighted by atomic mass is 10.1. The lowest BCUT2D eigenvalue weighted by molar-refractivity contribution is 0.405. The molecule has 0 heterocycles. The molecule has 2 nitrogen and oxygen atoms in total. The second-order valence-electron chi connectivity index (χ2n) is 4.17. The Kier molecular flexibility index (Phi) is 6.93. The van der Waals surface area contributed by atoms with Crippen molar-refractivity contribution >= 4 is 27.5 Å². The molecule has 1 unspecified atom stereocenters. The highest BCUT2D eigenvalue weighted by Gasteiger charge is 2.05. The van der Waals surface area contributed by atoms with Gasteiger partial charge in [0.2, 0.25) is 0 Å². The van der Waals surface area contributed by atoms with Gasteiger partial charge in [0.15, 0.2) is 0 Å². The minimum atomic E-state index is 0.602. The summed E-state index contributed by atoms with van der Waals surface area (Å²) in [5.41, 5.74) is 1.17. The monoisotopic (exact) mass is 319 g/mol. The van der Waals surface area contributed by atoms with E-state index < -0.39 is 0 Å². The van der Waals surface area contributed by atoms with Gasteiger partial charge < -0.3 is 10.1 Å². The molecule has 0 bridgehead atoms. The fraction of sp³-hybridized carbons (Fsp3) is 0.538. The van der Waals surface area contributed by atoms with Gasteiger partial charge >= 0.3 is 0 Å². The number of hydrogen-bond donors (Lipinski definition) is 1. The fourth-order valence-corrected chi connectivity index (χ4v) is 2.41. The van der Waals surface area contributed by atoms with Crippen molar-refractivity contribution in [2.45, 2.75) is 19.9 Å². The average molecular weight is 321 g/mol. The molecule has 1 N–H and O–H groups in total. The first-order valence-electron chi connectivity index (χ1n) is 5.76. The van der Waals surface area contributed by atoms with Gasteiger partial charge in [-0.2, -0.15) is 0 Å². The van der Waals surface area contributed by atoms with E-state index in [1.54, 1.807) is 7.11 Å². The smallest absolute Gasteiger partial charge is 0.123 e. The maximum Gasteiger partial charge on any atom is 0.123 e. The molecule has 0 aliphatic heterocycles. The topological polar surface area (TPSA) is 21.3 Å². The molecule has 1 aromatic carbocycles. The summed E-state index contributed by atoms with van der Waals surface area (Å²) < 4.78 is 6.40. The molecule has 0 saturated heterocycles. The maximum absolute atomic E-state index is 5.71. The Morgan fingerprint density at radius 2 is 2.24 bits per heavy atom. The van der Waals surface area contributed by atoms with Crippen LogP contribution in [0.3, 0.4) is 0 Å². The highest BCUT2D eigenvalue weighted by atomic mass is 79.9. The van der Waals surface area contributed by atoms with Crippen molar-refractivity contribution < 1.29 is 4.74 Å². The number of benzene rings is 1. The van der Waals surface area contributed by atoms with Gasteiger partial charge in [-0.05, 0) is 37.1 Å².